The number of morpholine rings is 1. The maximum Gasteiger partial charge on any atom is 0.241 e. The van der Waals surface area contributed by atoms with Crippen LogP contribution in [-0.4, -0.2) is 43.2 Å². The highest BCUT2D eigenvalue weighted by molar-refractivity contribution is 5.95. The third-order valence-electron chi connectivity index (χ3n) is 5.97. The molecule has 0 spiro atoms. The fourth-order valence-corrected chi connectivity index (χ4v) is 3.74. The van der Waals surface area contributed by atoms with Gasteiger partial charge < -0.3 is 15.4 Å². The first-order chi connectivity index (χ1) is 14.6. The van der Waals surface area contributed by atoms with Crippen molar-refractivity contribution in [1.82, 2.24) is 10.2 Å². The van der Waals surface area contributed by atoms with Gasteiger partial charge in [0, 0.05) is 31.9 Å². The molecule has 0 aromatic heterocycles. The maximum atomic E-state index is 12.8. The molecule has 2 aromatic rings. The van der Waals surface area contributed by atoms with Crippen molar-refractivity contribution in [3.8, 4) is 0 Å². The predicted molar refractivity (Wildman–Crippen MR) is 123 cm³/mol. The maximum absolute atomic E-state index is 12.8. The summed E-state index contributed by atoms with van der Waals surface area (Å²) in [6.07, 6.45) is 1.04. The van der Waals surface area contributed by atoms with Crippen LogP contribution in [0.2, 0.25) is 0 Å². The second-order valence-electron chi connectivity index (χ2n) is 8.15. The summed E-state index contributed by atoms with van der Waals surface area (Å²) in [5.74, 6) is 0.410. The van der Waals surface area contributed by atoms with Crippen molar-refractivity contribution in [2.24, 2.45) is 0 Å². The van der Waals surface area contributed by atoms with Crippen LogP contribution >= 0.6 is 0 Å². The van der Waals surface area contributed by atoms with Gasteiger partial charge in [-0.05, 0) is 42.0 Å². The minimum absolute atomic E-state index is 0.00332. The highest BCUT2D eigenvalue weighted by atomic mass is 16.5. The van der Waals surface area contributed by atoms with E-state index in [1.165, 1.54) is 16.7 Å². The molecule has 1 saturated heterocycles. The Bertz CT molecular complexity index is 818. The van der Waals surface area contributed by atoms with Crippen LogP contribution < -0.4 is 10.6 Å². The molecule has 5 heteroatoms. The van der Waals surface area contributed by atoms with Crippen molar-refractivity contribution >= 4 is 11.6 Å². The fraction of sp³-hybridized carbons (Fsp3) is 0.480. The Morgan fingerprint density at radius 1 is 1.03 bits per heavy atom. The molecular weight excluding hydrogens is 374 g/mol. The van der Waals surface area contributed by atoms with Crippen LogP contribution in [0.15, 0.2) is 48.5 Å². The van der Waals surface area contributed by atoms with Crippen molar-refractivity contribution in [3.63, 3.8) is 0 Å². The van der Waals surface area contributed by atoms with Gasteiger partial charge in [-0.1, -0.05) is 56.3 Å². The lowest BCUT2D eigenvalue weighted by molar-refractivity contribution is -0.117. The molecule has 1 fully saturated rings. The van der Waals surface area contributed by atoms with E-state index in [2.05, 4.69) is 59.7 Å². The van der Waals surface area contributed by atoms with E-state index in [9.17, 15) is 4.79 Å². The Kier molecular flexibility index (Phi) is 8.43. The number of nitrogens with zero attached hydrogens (tertiary/aromatic N) is 1. The number of nitrogens with one attached hydrogen (secondary N) is 2. The number of ether oxygens (including phenoxy) is 1. The second kappa shape index (κ2) is 11.3. The number of rotatable bonds is 9. The van der Waals surface area contributed by atoms with Crippen LogP contribution in [0.3, 0.4) is 0 Å². The first kappa shape index (κ1) is 22.5. The van der Waals surface area contributed by atoms with E-state index in [4.69, 9.17) is 4.74 Å². The van der Waals surface area contributed by atoms with Crippen LogP contribution in [0.25, 0.3) is 0 Å². The minimum atomic E-state index is -0.286. The van der Waals surface area contributed by atoms with Crippen molar-refractivity contribution < 1.29 is 9.53 Å². The van der Waals surface area contributed by atoms with Crippen LogP contribution in [0, 0.1) is 0 Å². The molecule has 0 radical (unpaired) electrons. The Balaban J connectivity index is 1.58. The van der Waals surface area contributed by atoms with E-state index in [1.54, 1.807) is 0 Å². The molecule has 2 N–H and O–H groups in total. The molecule has 5 nitrogen and oxygen atoms in total. The largest absolute Gasteiger partial charge is 0.379 e. The lowest BCUT2D eigenvalue weighted by Gasteiger charge is -2.27. The topological polar surface area (TPSA) is 53.6 Å². The molecule has 0 aliphatic carbocycles. The Labute approximate surface area is 180 Å². The molecule has 1 heterocycles. The van der Waals surface area contributed by atoms with Crippen molar-refractivity contribution in [3.05, 3.63) is 65.2 Å². The molecule has 1 aliphatic heterocycles. The van der Waals surface area contributed by atoms with Gasteiger partial charge in [0.1, 0.15) is 0 Å². The first-order valence-electron chi connectivity index (χ1n) is 11.1. The van der Waals surface area contributed by atoms with Gasteiger partial charge in [-0.3, -0.25) is 9.69 Å². The number of anilines is 1. The zero-order chi connectivity index (χ0) is 21.3. The lowest BCUT2D eigenvalue weighted by atomic mass is 9.97. The molecule has 3 rings (SSSR count). The lowest BCUT2D eigenvalue weighted by Crippen LogP contribution is -2.38. The molecule has 162 valence electrons. The average Bonchev–Trinajstić information content (AvgIpc) is 2.78. The highest BCUT2D eigenvalue weighted by Crippen LogP contribution is 2.26. The summed E-state index contributed by atoms with van der Waals surface area (Å²) in [6, 6.07) is 16.3. The Morgan fingerprint density at radius 2 is 1.70 bits per heavy atom. The fourth-order valence-electron chi connectivity index (χ4n) is 3.74. The molecule has 1 aliphatic rings. The summed E-state index contributed by atoms with van der Waals surface area (Å²) in [7, 11) is 0. The number of hydrogen-bond donors (Lipinski definition) is 2. The number of carbonyl (C=O) groups excluding carboxylic acids is 1. The van der Waals surface area contributed by atoms with Crippen LogP contribution in [-0.2, 0) is 22.6 Å². The summed E-state index contributed by atoms with van der Waals surface area (Å²) >= 11 is 0. The number of benzene rings is 2. The van der Waals surface area contributed by atoms with E-state index in [0.717, 1.165) is 45.0 Å². The average molecular weight is 410 g/mol. The Hall–Kier alpha value is -2.21. The van der Waals surface area contributed by atoms with E-state index in [1.807, 2.05) is 25.1 Å². The molecule has 30 heavy (non-hydrogen) atoms. The molecule has 2 aromatic carbocycles. The minimum Gasteiger partial charge on any atom is -0.379 e. The molecular formula is C25H35N3O2. The predicted octanol–water partition coefficient (Wildman–Crippen LogP) is 4.15. The Morgan fingerprint density at radius 3 is 2.43 bits per heavy atom. The van der Waals surface area contributed by atoms with Gasteiger partial charge in [0.2, 0.25) is 5.91 Å². The molecule has 0 saturated carbocycles. The van der Waals surface area contributed by atoms with Gasteiger partial charge in [0.25, 0.3) is 0 Å². The SMILES string of the molecule is CC[C@H](C)c1ccccc1NC(=O)[C@H](C)NCc1ccccc1CN1CCOCC1. The normalized spacial score (nSPS) is 16.8. The third kappa shape index (κ3) is 6.14. The molecule has 0 unspecified atom stereocenters. The van der Waals surface area contributed by atoms with Gasteiger partial charge >= 0.3 is 0 Å². The summed E-state index contributed by atoms with van der Waals surface area (Å²) in [6.45, 7) is 11.4. The van der Waals surface area contributed by atoms with Crippen LogP contribution in [0.5, 0.6) is 0 Å². The van der Waals surface area contributed by atoms with E-state index in [0.29, 0.717) is 12.5 Å². The standard InChI is InChI=1S/C25H35N3O2/c1-4-19(2)23-11-7-8-12-24(23)27-25(29)20(3)26-17-21-9-5-6-10-22(21)18-28-13-15-30-16-14-28/h5-12,19-20,26H,4,13-18H2,1-3H3,(H,27,29)/t19-,20-/m0/s1. The summed E-state index contributed by atoms with van der Waals surface area (Å²) in [4.78, 5) is 15.2. The summed E-state index contributed by atoms with van der Waals surface area (Å²) < 4.78 is 5.45. The first-order valence-corrected chi connectivity index (χ1v) is 11.1. The van der Waals surface area contributed by atoms with E-state index >= 15 is 0 Å². The van der Waals surface area contributed by atoms with Crippen molar-refractivity contribution in [1.29, 1.82) is 0 Å². The number of amides is 1. The van der Waals surface area contributed by atoms with Crippen LogP contribution in [0.1, 0.15) is 49.8 Å². The molecule has 1 amide bonds. The summed E-state index contributed by atoms with van der Waals surface area (Å²) in [5, 5.41) is 6.52. The number of para-hydroxylation sites is 1. The smallest absolute Gasteiger partial charge is 0.241 e. The second-order valence-corrected chi connectivity index (χ2v) is 8.15. The van der Waals surface area contributed by atoms with Crippen molar-refractivity contribution in [2.75, 3.05) is 31.6 Å². The van der Waals surface area contributed by atoms with E-state index in [-0.39, 0.29) is 11.9 Å². The number of carbonyl (C=O) groups is 1. The highest BCUT2D eigenvalue weighted by Gasteiger charge is 2.17. The summed E-state index contributed by atoms with van der Waals surface area (Å²) in [5.41, 5.74) is 4.65. The van der Waals surface area contributed by atoms with Gasteiger partial charge in [-0.2, -0.15) is 0 Å². The van der Waals surface area contributed by atoms with Crippen LogP contribution in [0.4, 0.5) is 5.69 Å². The molecule has 2 atom stereocenters. The third-order valence-corrected chi connectivity index (χ3v) is 5.97. The zero-order valence-electron chi connectivity index (χ0n) is 18.5. The van der Waals surface area contributed by atoms with E-state index < -0.39 is 0 Å². The number of hydrogen-bond acceptors (Lipinski definition) is 4. The monoisotopic (exact) mass is 409 g/mol. The van der Waals surface area contributed by atoms with Crippen molar-refractivity contribution in [2.45, 2.75) is 52.2 Å². The molecule has 0 bridgehead atoms. The van der Waals surface area contributed by atoms with Gasteiger partial charge in [0.15, 0.2) is 0 Å². The van der Waals surface area contributed by atoms with Gasteiger partial charge in [0.05, 0.1) is 19.3 Å². The quantitative estimate of drug-likeness (QED) is 0.653. The van der Waals surface area contributed by atoms with Gasteiger partial charge in [-0.15, -0.1) is 0 Å². The zero-order valence-corrected chi connectivity index (χ0v) is 18.5. The van der Waals surface area contributed by atoms with Gasteiger partial charge in [-0.25, -0.2) is 0 Å².